The molecule has 0 radical (unpaired) electrons. The van der Waals surface area contributed by atoms with Gasteiger partial charge >= 0.3 is 5.97 Å². The van der Waals surface area contributed by atoms with Crippen LogP contribution in [-0.4, -0.2) is 40.1 Å². The van der Waals surface area contributed by atoms with Gasteiger partial charge in [-0.3, -0.25) is 9.59 Å². The third-order valence-corrected chi connectivity index (χ3v) is 3.48. The molecule has 0 aromatic rings. The monoisotopic (exact) mass is 248 g/mol. The van der Waals surface area contributed by atoms with Crippen molar-refractivity contribution >= 4 is 23.6 Å². The predicted octanol–water partition coefficient (Wildman–Crippen LogP) is 0.435. The van der Waals surface area contributed by atoms with Crippen molar-refractivity contribution in [3.05, 3.63) is 0 Å². The molecule has 16 heavy (non-hydrogen) atoms. The molecule has 94 valence electrons. The minimum absolute atomic E-state index is 0.0723. The second-order valence-electron chi connectivity index (χ2n) is 3.74. The summed E-state index contributed by atoms with van der Waals surface area (Å²) < 4.78 is 0. The Bertz CT molecular complexity index is 248. The molecule has 0 fully saturated rings. The average Bonchev–Trinajstić information content (AvgIpc) is 2.24. The number of thioether (sulfide) groups is 1. The molecule has 5 nitrogen and oxygen atoms in total. The molecule has 0 rings (SSSR count). The van der Waals surface area contributed by atoms with Crippen molar-refractivity contribution in [2.45, 2.75) is 44.5 Å². The molecule has 4 N–H and O–H groups in total. The van der Waals surface area contributed by atoms with Crippen molar-refractivity contribution in [1.29, 1.82) is 0 Å². The number of carboxylic acids is 1. The standard InChI is InChI=1S/C10H20N2O3S/c1-4-6(2)12-9(13)7(3)16-5-8(11)10(14)15/h6-8H,4-5,11H2,1-3H3,(H,12,13)(H,14,15)/t6?,7?,8-/m0/s1. The van der Waals surface area contributed by atoms with E-state index < -0.39 is 12.0 Å². The molecule has 0 aliphatic carbocycles. The van der Waals surface area contributed by atoms with Crippen LogP contribution in [0.4, 0.5) is 0 Å². The molecule has 3 atom stereocenters. The molecular formula is C10H20N2O3S. The Balaban J connectivity index is 3.92. The lowest BCUT2D eigenvalue weighted by atomic mass is 10.2. The Hall–Kier alpha value is -0.750. The Morgan fingerprint density at radius 1 is 1.44 bits per heavy atom. The van der Waals surface area contributed by atoms with E-state index in [2.05, 4.69) is 5.32 Å². The van der Waals surface area contributed by atoms with Gasteiger partial charge in [-0.1, -0.05) is 6.92 Å². The number of aliphatic carboxylic acids is 1. The average molecular weight is 248 g/mol. The molecule has 0 saturated carbocycles. The highest BCUT2D eigenvalue weighted by Crippen LogP contribution is 2.11. The van der Waals surface area contributed by atoms with E-state index in [0.29, 0.717) is 0 Å². The molecule has 0 aromatic carbocycles. The fourth-order valence-corrected chi connectivity index (χ4v) is 1.72. The third kappa shape index (κ3) is 5.97. The highest BCUT2D eigenvalue weighted by molar-refractivity contribution is 8.00. The quantitative estimate of drug-likeness (QED) is 0.608. The summed E-state index contributed by atoms with van der Waals surface area (Å²) in [6, 6.07) is -0.771. The molecule has 0 saturated heterocycles. The zero-order valence-electron chi connectivity index (χ0n) is 9.90. The van der Waals surface area contributed by atoms with E-state index in [9.17, 15) is 9.59 Å². The molecule has 0 aromatic heterocycles. The summed E-state index contributed by atoms with van der Waals surface area (Å²) in [5.74, 6) is -0.872. The first kappa shape index (κ1) is 15.2. The first-order chi connectivity index (χ1) is 7.38. The third-order valence-electron chi connectivity index (χ3n) is 2.21. The van der Waals surface area contributed by atoms with E-state index in [-0.39, 0.29) is 23.0 Å². The van der Waals surface area contributed by atoms with Gasteiger partial charge in [-0.2, -0.15) is 0 Å². The summed E-state index contributed by atoms with van der Waals surface area (Å²) in [6.45, 7) is 5.67. The van der Waals surface area contributed by atoms with E-state index in [1.54, 1.807) is 6.92 Å². The van der Waals surface area contributed by atoms with Crippen molar-refractivity contribution < 1.29 is 14.7 Å². The SMILES string of the molecule is CCC(C)NC(=O)C(C)SC[C@H](N)C(=O)O. The zero-order valence-corrected chi connectivity index (χ0v) is 10.7. The number of carbonyl (C=O) groups excluding carboxylic acids is 1. The molecule has 0 aliphatic heterocycles. The van der Waals surface area contributed by atoms with Crippen molar-refractivity contribution in [3.63, 3.8) is 0 Å². The number of carboxylic acid groups (broad SMARTS) is 1. The Morgan fingerprint density at radius 3 is 2.44 bits per heavy atom. The minimum Gasteiger partial charge on any atom is -0.480 e. The van der Waals surface area contributed by atoms with Crippen LogP contribution in [0.3, 0.4) is 0 Å². The fraction of sp³-hybridized carbons (Fsp3) is 0.800. The van der Waals surface area contributed by atoms with Gasteiger partial charge in [0.25, 0.3) is 0 Å². The maximum absolute atomic E-state index is 11.6. The van der Waals surface area contributed by atoms with E-state index >= 15 is 0 Å². The number of hydrogen-bond donors (Lipinski definition) is 3. The van der Waals surface area contributed by atoms with Crippen LogP contribution in [0.1, 0.15) is 27.2 Å². The van der Waals surface area contributed by atoms with Crippen LogP contribution in [0.5, 0.6) is 0 Å². The maximum Gasteiger partial charge on any atom is 0.321 e. The largest absolute Gasteiger partial charge is 0.480 e. The second kappa shape index (κ2) is 7.51. The lowest BCUT2D eigenvalue weighted by molar-refractivity contribution is -0.138. The smallest absolute Gasteiger partial charge is 0.321 e. The Labute approximate surface area is 100 Å². The molecule has 0 spiro atoms. The van der Waals surface area contributed by atoms with E-state index in [4.69, 9.17) is 10.8 Å². The van der Waals surface area contributed by atoms with E-state index in [1.807, 2.05) is 13.8 Å². The number of rotatable bonds is 7. The minimum atomic E-state index is -1.04. The van der Waals surface area contributed by atoms with Crippen LogP contribution < -0.4 is 11.1 Å². The maximum atomic E-state index is 11.6. The molecule has 1 amide bonds. The molecule has 6 heteroatoms. The first-order valence-corrected chi connectivity index (χ1v) is 6.33. The topological polar surface area (TPSA) is 92.4 Å². The number of amides is 1. The molecule has 0 bridgehead atoms. The summed E-state index contributed by atoms with van der Waals surface area (Å²) >= 11 is 1.26. The normalized spacial score (nSPS) is 16.2. The van der Waals surface area contributed by atoms with Crippen LogP contribution in [0.15, 0.2) is 0 Å². The van der Waals surface area contributed by atoms with Crippen LogP contribution >= 0.6 is 11.8 Å². The van der Waals surface area contributed by atoms with Gasteiger partial charge in [-0.15, -0.1) is 11.8 Å². The van der Waals surface area contributed by atoms with Gasteiger partial charge in [-0.05, 0) is 20.3 Å². The highest BCUT2D eigenvalue weighted by atomic mass is 32.2. The van der Waals surface area contributed by atoms with Crippen LogP contribution in [0.25, 0.3) is 0 Å². The predicted molar refractivity (Wildman–Crippen MR) is 65.4 cm³/mol. The Morgan fingerprint density at radius 2 is 2.00 bits per heavy atom. The lowest BCUT2D eigenvalue weighted by Gasteiger charge is -2.16. The van der Waals surface area contributed by atoms with Gasteiger partial charge in [0.1, 0.15) is 6.04 Å². The summed E-state index contributed by atoms with van der Waals surface area (Å²) in [5, 5.41) is 11.1. The molecule has 0 heterocycles. The van der Waals surface area contributed by atoms with E-state index in [1.165, 1.54) is 11.8 Å². The van der Waals surface area contributed by atoms with Gasteiger partial charge < -0.3 is 16.2 Å². The zero-order chi connectivity index (χ0) is 12.7. The molecule has 0 aliphatic rings. The lowest BCUT2D eigenvalue weighted by Crippen LogP contribution is -2.39. The van der Waals surface area contributed by atoms with Crippen molar-refractivity contribution in [1.82, 2.24) is 5.32 Å². The second-order valence-corrected chi connectivity index (χ2v) is 5.11. The van der Waals surface area contributed by atoms with Crippen molar-refractivity contribution in [2.24, 2.45) is 5.73 Å². The van der Waals surface area contributed by atoms with Crippen molar-refractivity contribution in [3.8, 4) is 0 Å². The first-order valence-electron chi connectivity index (χ1n) is 5.28. The summed E-state index contributed by atoms with van der Waals surface area (Å²) in [5.41, 5.74) is 5.34. The number of hydrogen-bond acceptors (Lipinski definition) is 4. The summed E-state index contributed by atoms with van der Waals surface area (Å²) in [4.78, 5) is 22.0. The van der Waals surface area contributed by atoms with Crippen LogP contribution in [0, 0.1) is 0 Å². The summed E-state index contributed by atoms with van der Waals surface area (Å²) in [7, 11) is 0. The molecular weight excluding hydrogens is 228 g/mol. The van der Waals surface area contributed by atoms with Gasteiger partial charge in [0.05, 0.1) is 5.25 Å². The number of nitrogens with one attached hydrogen (secondary N) is 1. The van der Waals surface area contributed by atoms with Gasteiger partial charge in [0.15, 0.2) is 0 Å². The molecule has 2 unspecified atom stereocenters. The highest BCUT2D eigenvalue weighted by Gasteiger charge is 2.18. The number of nitrogens with two attached hydrogens (primary N) is 1. The number of carbonyl (C=O) groups is 2. The van der Waals surface area contributed by atoms with Gasteiger partial charge in [0, 0.05) is 11.8 Å². The van der Waals surface area contributed by atoms with Crippen LogP contribution in [-0.2, 0) is 9.59 Å². The van der Waals surface area contributed by atoms with Gasteiger partial charge in [-0.25, -0.2) is 0 Å². The van der Waals surface area contributed by atoms with E-state index in [0.717, 1.165) is 6.42 Å². The fourth-order valence-electron chi connectivity index (χ4n) is 0.857. The van der Waals surface area contributed by atoms with Crippen molar-refractivity contribution in [2.75, 3.05) is 5.75 Å². The Kier molecular flexibility index (Phi) is 7.16. The van der Waals surface area contributed by atoms with Crippen LogP contribution in [0.2, 0.25) is 0 Å². The van der Waals surface area contributed by atoms with Gasteiger partial charge in [0.2, 0.25) is 5.91 Å². The summed E-state index contributed by atoms with van der Waals surface area (Å²) in [6.07, 6.45) is 0.873.